The molecule has 2 rings (SSSR count). The minimum Gasteiger partial charge on any atom is -0.350 e. The van der Waals surface area contributed by atoms with E-state index in [1.54, 1.807) is 0 Å². The summed E-state index contributed by atoms with van der Waals surface area (Å²) >= 11 is 0. The Hall–Kier alpha value is -1.88. The van der Waals surface area contributed by atoms with Gasteiger partial charge in [-0.1, -0.05) is 18.2 Å². The van der Waals surface area contributed by atoms with Crippen LogP contribution >= 0.6 is 0 Å². The molecule has 1 aromatic rings. The maximum absolute atomic E-state index is 12.3. The van der Waals surface area contributed by atoms with Crippen molar-refractivity contribution >= 4 is 11.8 Å². The molecule has 2 amide bonds. The summed E-state index contributed by atoms with van der Waals surface area (Å²) in [7, 11) is 0. The molecule has 1 heterocycles. The fourth-order valence-corrected chi connectivity index (χ4v) is 2.53. The van der Waals surface area contributed by atoms with Crippen LogP contribution in [0, 0.1) is 0 Å². The van der Waals surface area contributed by atoms with Gasteiger partial charge in [0, 0.05) is 37.3 Å². The Morgan fingerprint density at radius 3 is 2.18 bits per heavy atom. The summed E-state index contributed by atoms with van der Waals surface area (Å²) in [4.78, 5) is 28.2. The van der Waals surface area contributed by atoms with Crippen LogP contribution in [0.3, 0.4) is 0 Å². The normalized spacial score (nSPS) is 16.4. The van der Waals surface area contributed by atoms with Crippen molar-refractivity contribution in [1.82, 2.24) is 15.1 Å². The summed E-state index contributed by atoms with van der Waals surface area (Å²) in [5, 5.41) is 2.97. The number of carbonyl (C=O) groups excluding carboxylic acids is 2. The Morgan fingerprint density at radius 2 is 1.64 bits per heavy atom. The van der Waals surface area contributed by atoms with Crippen LogP contribution in [-0.2, 0) is 4.79 Å². The Morgan fingerprint density at radius 1 is 1.05 bits per heavy atom. The molecule has 0 bridgehead atoms. The second kappa shape index (κ2) is 6.92. The van der Waals surface area contributed by atoms with E-state index in [4.69, 9.17) is 0 Å². The molecular formula is C17H25N3O2. The van der Waals surface area contributed by atoms with Crippen molar-refractivity contribution in [3.63, 3.8) is 0 Å². The molecule has 120 valence electrons. The van der Waals surface area contributed by atoms with Crippen LogP contribution in [0.1, 0.15) is 31.1 Å². The van der Waals surface area contributed by atoms with Crippen molar-refractivity contribution in [2.75, 3.05) is 32.7 Å². The van der Waals surface area contributed by atoms with E-state index in [-0.39, 0.29) is 17.4 Å². The molecule has 0 atom stereocenters. The first-order valence-corrected chi connectivity index (χ1v) is 7.73. The van der Waals surface area contributed by atoms with E-state index < -0.39 is 0 Å². The van der Waals surface area contributed by atoms with Gasteiger partial charge in [-0.05, 0) is 32.9 Å². The molecule has 1 aliphatic heterocycles. The van der Waals surface area contributed by atoms with Crippen molar-refractivity contribution in [2.45, 2.75) is 26.3 Å². The molecule has 1 saturated heterocycles. The van der Waals surface area contributed by atoms with E-state index in [9.17, 15) is 9.59 Å². The Bertz CT molecular complexity index is 514. The number of carbonyl (C=O) groups is 2. The van der Waals surface area contributed by atoms with Crippen LogP contribution < -0.4 is 5.32 Å². The lowest BCUT2D eigenvalue weighted by atomic mass is 10.1. The third kappa shape index (κ3) is 4.84. The largest absolute Gasteiger partial charge is 0.350 e. The molecule has 5 heteroatoms. The average Bonchev–Trinajstić information content (AvgIpc) is 2.46. The molecule has 1 N–H and O–H groups in total. The van der Waals surface area contributed by atoms with Crippen molar-refractivity contribution in [3.05, 3.63) is 35.9 Å². The minimum atomic E-state index is -0.206. The third-order valence-corrected chi connectivity index (χ3v) is 3.56. The zero-order valence-corrected chi connectivity index (χ0v) is 13.6. The van der Waals surface area contributed by atoms with Crippen molar-refractivity contribution in [1.29, 1.82) is 0 Å². The molecule has 0 spiro atoms. The number of nitrogens with one attached hydrogen (secondary N) is 1. The van der Waals surface area contributed by atoms with Gasteiger partial charge in [-0.2, -0.15) is 0 Å². The second-order valence-corrected chi connectivity index (χ2v) is 6.73. The van der Waals surface area contributed by atoms with Crippen LogP contribution in [-0.4, -0.2) is 59.9 Å². The summed E-state index contributed by atoms with van der Waals surface area (Å²) in [5.74, 6) is 0.106. The predicted octanol–water partition coefficient (Wildman–Crippen LogP) is 1.36. The number of benzene rings is 1. The number of hydrogen-bond acceptors (Lipinski definition) is 3. The number of piperazine rings is 1. The molecule has 1 aromatic carbocycles. The van der Waals surface area contributed by atoms with Gasteiger partial charge in [-0.15, -0.1) is 0 Å². The van der Waals surface area contributed by atoms with Crippen LogP contribution in [0.25, 0.3) is 0 Å². The fourth-order valence-electron chi connectivity index (χ4n) is 2.53. The standard InChI is InChI=1S/C17H25N3O2/c1-17(2,3)18-15(21)13-19-9-11-20(12-10-19)16(22)14-7-5-4-6-8-14/h4-8H,9-13H2,1-3H3,(H,18,21). The van der Waals surface area contributed by atoms with Crippen molar-refractivity contribution < 1.29 is 9.59 Å². The van der Waals surface area contributed by atoms with Crippen LogP contribution in [0.2, 0.25) is 0 Å². The Balaban J connectivity index is 1.81. The quantitative estimate of drug-likeness (QED) is 0.917. The molecule has 0 aromatic heterocycles. The van der Waals surface area contributed by atoms with Gasteiger partial charge in [-0.3, -0.25) is 14.5 Å². The Labute approximate surface area is 132 Å². The summed E-state index contributed by atoms with van der Waals surface area (Å²) < 4.78 is 0. The Kier molecular flexibility index (Phi) is 5.19. The van der Waals surface area contributed by atoms with Crippen LogP contribution in [0.5, 0.6) is 0 Å². The first-order chi connectivity index (χ1) is 10.3. The smallest absolute Gasteiger partial charge is 0.253 e. The zero-order chi connectivity index (χ0) is 16.2. The first kappa shape index (κ1) is 16.5. The van der Waals surface area contributed by atoms with Gasteiger partial charge in [-0.25, -0.2) is 0 Å². The second-order valence-electron chi connectivity index (χ2n) is 6.73. The molecule has 5 nitrogen and oxygen atoms in total. The summed E-state index contributed by atoms with van der Waals surface area (Å²) in [6.07, 6.45) is 0. The zero-order valence-electron chi connectivity index (χ0n) is 13.6. The molecule has 0 saturated carbocycles. The number of hydrogen-bond donors (Lipinski definition) is 1. The lowest BCUT2D eigenvalue weighted by Gasteiger charge is -2.35. The minimum absolute atomic E-state index is 0.0373. The number of rotatable bonds is 3. The molecule has 1 fully saturated rings. The maximum atomic E-state index is 12.3. The summed E-state index contributed by atoms with van der Waals surface area (Å²) in [5.41, 5.74) is 0.517. The van der Waals surface area contributed by atoms with E-state index in [1.807, 2.05) is 56.0 Å². The SMILES string of the molecule is CC(C)(C)NC(=O)CN1CCN(C(=O)c2ccccc2)CC1. The highest BCUT2D eigenvalue weighted by Gasteiger charge is 2.24. The van der Waals surface area contributed by atoms with Crippen molar-refractivity contribution in [3.8, 4) is 0 Å². The monoisotopic (exact) mass is 303 g/mol. The van der Waals surface area contributed by atoms with Crippen molar-refractivity contribution in [2.24, 2.45) is 0 Å². The fraction of sp³-hybridized carbons (Fsp3) is 0.529. The predicted molar refractivity (Wildman–Crippen MR) is 86.7 cm³/mol. The number of amides is 2. The molecule has 0 radical (unpaired) electrons. The summed E-state index contributed by atoms with van der Waals surface area (Å²) in [6, 6.07) is 9.33. The van der Waals surface area contributed by atoms with Gasteiger partial charge in [0.15, 0.2) is 0 Å². The molecule has 22 heavy (non-hydrogen) atoms. The van der Waals surface area contributed by atoms with E-state index in [0.29, 0.717) is 19.6 Å². The maximum Gasteiger partial charge on any atom is 0.253 e. The lowest BCUT2D eigenvalue weighted by Crippen LogP contribution is -2.52. The molecule has 0 aliphatic carbocycles. The molecule has 1 aliphatic rings. The van der Waals surface area contributed by atoms with Gasteiger partial charge < -0.3 is 10.2 Å². The number of nitrogens with zero attached hydrogens (tertiary/aromatic N) is 2. The van der Waals surface area contributed by atoms with E-state index in [1.165, 1.54) is 0 Å². The highest BCUT2D eigenvalue weighted by Crippen LogP contribution is 2.09. The van der Waals surface area contributed by atoms with E-state index in [2.05, 4.69) is 10.2 Å². The highest BCUT2D eigenvalue weighted by atomic mass is 16.2. The average molecular weight is 303 g/mol. The summed E-state index contributed by atoms with van der Waals surface area (Å²) in [6.45, 7) is 9.11. The van der Waals surface area contributed by atoms with Crippen LogP contribution in [0.4, 0.5) is 0 Å². The van der Waals surface area contributed by atoms with Gasteiger partial charge in [0.05, 0.1) is 6.54 Å². The van der Waals surface area contributed by atoms with Gasteiger partial charge in [0.1, 0.15) is 0 Å². The van der Waals surface area contributed by atoms with E-state index >= 15 is 0 Å². The lowest BCUT2D eigenvalue weighted by molar-refractivity contribution is -0.124. The van der Waals surface area contributed by atoms with Gasteiger partial charge >= 0.3 is 0 Å². The topological polar surface area (TPSA) is 52.7 Å². The van der Waals surface area contributed by atoms with E-state index in [0.717, 1.165) is 18.7 Å². The highest BCUT2D eigenvalue weighted by molar-refractivity contribution is 5.94. The molecular weight excluding hydrogens is 278 g/mol. The van der Waals surface area contributed by atoms with Gasteiger partial charge in [0.2, 0.25) is 5.91 Å². The molecule has 0 unspecified atom stereocenters. The first-order valence-electron chi connectivity index (χ1n) is 7.73. The van der Waals surface area contributed by atoms with Crippen LogP contribution in [0.15, 0.2) is 30.3 Å². The van der Waals surface area contributed by atoms with Gasteiger partial charge in [0.25, 0.3) is 5.91 Å². The third-order valence-electron chi connectivity index (χ3n) is 3.56.